The van der Waals surface area contributed by atoms with E-state index in [0.29, 0.717) is 36.2 Å². The molecule has 3 rings (SSSR count). The zero-order valence-electron chi connectivity index (χ0n) is 12.7. The van der Waals surface area contributed by atoms with Crippen molar-refractivity contribution < 1.29 is 23.8 Å². The average molecular weight is 308 g/mol. The fourth-order valence-electron chi connectivity index (χ4n) is 3.12. The first kappa shape index (κ1) is 15.1. The van der Waals surface area contributed by atoms with Gasteiger partial charge in [0.15, 0.2) is 11.5 Å². The Kier molecular flexibility index (Phi) is 4.23. The lowest BCUT2D eigenvalue weighted by atomic mass is 9.86. The summed E-state index contributed by atoms with van der Waals surface area (Å²) in [5.41, 5.74) is 1.30. The maximum atomic E-state index is 14.1. The van der Waals surface area contributed by atoms with Gasteiger partial charge in [0.2, 0.25) is 0 Å². The van der Waals surface area contributed by atoms with E-state index < -0.39 is 12.1 Å². The summed E-state index contributed by atoms with van der Waals surface area (Å²) in [7, 11) is 0. The van der Waals surface area contributed by atoms with E-state index in [0.717, 1.165) is 24.8 Å². The standard InChI is InChI=1S/C17H21FO4/c1-10(18)12-7-15-16(22-6-2-5-21-15)8-14(12)13(9-17(19)20)11-3-4-11/h7-8,10-11,13H,2-6,9H2,1H3,(H,19,20). The zero-order chi connectivity index (χ0) is 15.7. The molecule has 1 aromatic carbocycles. The SMILES string of the molecule is CC(F)c1cc2c(cc1C(CC(=O)O)C1CC1)OCCCO2. The highest BCUT2D eigenvalue weighted by atomic mass is 19.1. The maximum absolute atomic E-state index is 14.1. The predicted molar refractivity (Wildman–Crippen MR) is 79.3 cm³/mol. The first-order chi connectivity index (χ1) is 10.6. The highest BCUT2D eigenvalue weighted by molar-refractivity contribution is 5.68. The number of fused-ring (bicyclic) bond motifs is 1. The van der Waals surface area contributed by atoms with Crippen LogP contribution in [0.25, 0.3) is 0 Å². The first-order valence-corrected chi connectivity index (χ1v) is 7.85. The molecule has 0 radical (unpaired) electrons. The van der Waals surface area contributed by atoms with E-state index in [2.05, 4.69) is 0 Å². The summed E-state index contributed by atoms with van der Waals surface area (Å²) in [6.45, 7) is 2.59. The zero-order valence-corrected chi connectivity index (χ0v) is 12.7. The van der Waals surface area contributed by atoms with Crippen LogP contribution in [0.1, 0.15) is 55.8 Å². The van der Waals surface area contributed by atoms with Crippen LogP contribution >= 0.6 is 0 Å². The third kappa shape index (κ3) is 3.18. The van der Waals surface area contributed by atoms with Gasteiger partial charge in [-0.15, -0.1) is 0 Å². The van der Waals surface area contributed by atoms with E-state index in [1.165, 1.54) is 6.92 Å². The van der Waals surface area contributed by atoms with E-state index in [-0.39, 0.29) is 12.3 Å². The summed E-state index contributed by atoms with van der Waals surface area (Å²) in [5.74, 6) is 0.501. The lowest BCUT2D eigenvalue weighted by Crippen LogP contribution is -2.12. The summed E-state index contributed by atoms with van der Waals surface area (Å²) in [6, 6.07) is 3.50. The highest BCUT2D eigenvalue weighted by Gasteiger charge is 2.36. The molecule has 4 nitrogen and oxygen atoms in total. The maximum Gasteiger partial charge on any atom is 0.303 e. The van der Waals surface area contributed by atoms with E-state index in [4.69, 9.17) is 9.47 Å². The number of benzene rings is 1. The highest BCUT2D eigenvalue weighted by Crippen LogP contribution is 2.49. The molecule has 1 N–H and O–H groups in total. The van der Waals surface area contributed by atoms with Crippen LogP contribution in [0, 0.1) is 5.92 Å². The molecular weight excluding hydrogens is 287 g/mol. The molecule has 1 heterocycles. The Morgan fingerprint density at radius 2 is 1.86 bits per heavy atom. The molecule has 0 spiro atoms. The third-order valence-electron chi connectivity index (χ3n) is 4.37. The largest absolute Gasteiger partial charge is 0.490 e. The van der Waals surface area contributed by atoms with Crippen molar-refractivity contribution in [3.63, 3.8) is 0 Å². The number of aliphatic carboxylic acids is 1. The fraction of sp³-hybridized carbons (Fsp3) is 0.588. The van der Waals surface area contributed by atoms with Crippen molar-refractivity contribution in [3.05, 3.63) is 23.3 Å². The molecule has 0 aromatic heterocycles. The number of carboxylic acid groups (broad SMARTS) is 1. The van der Waals surface area contributed by atoms with E-state index in [1.54, 1.807) is 12.1 Å². The van der Waals surface area contributed by atoms with Gasteiger partial charge in [-0.25, -0.2) is 4.39 Å². The van der Waals surface area contributed by atoms with Crippen molar-refractivity contribution in [1.82, 2.24) is 0 Å². The van der Waals surface area contributed by atoms with Crippen molar-refractivity contribution in [1.29, 1.82) is 0 Å². The van der Waals surface area contributed by atoms with Gasteiger partial charge in [-0.05, 0) is 54.9 Å². The Morgan fingerprint density at radius 3 is 2.36 bits per heavy atom. The molecule has 1 aliphatic carbocycles. The summed E-state index contributed by atoms with van der Waals surface area (Å²) in [4.78, 5) is 11.2. The molecular formula is C17H21FO4. The van der Waals surface area contributed by atoms with Crippen LogP contribution in [0.5, 0.6) is 11.5 Å². The number of carboxylic acids is 1. The quantitative estimate of drug-likeness (QED) is 0.897. The molecule has 2 aliphatic rings. The van der Waals surface area contributed by atoms with Crippen molar-refractivity contribution in [2.24, 2.45) is 5.92 Å². The first-order valence-electron chi connectivity index (χ1n) is 7.85. The van der Waals surface area contributed by atoms with Gasteiger partial charge in [0, 0.05) is 6.42 Å². The minimum atomic E-state index is -1.16. The Labute approximate surface area is 129 Å². The van der Waals surface area contributed by atoms with E-state index >= 15 is 0 Å². The molecule has 2 atom stereocenters. The van der Waals surface area contributed by atoms with E-state index in [1.807, 2.05) is 0 Å². The minimum absolute atomic E-state index is 0.0318. The smallest absolute Gasteiger partial charge is 0.303 e. The van der Waals surface area contributed by atoms with Crippen molar-refractivity contribution in [3.8, 4) is 11.5 Å². The number of hydrogen-bond donors (Lipinski definition) is 1. The second-order valence-corrected chi connectivity index (χ2v) is 6.14. The fourth-order valence-corrected chi connectivity index (χ4v) is 3.12. The molecule has 1 aliphatic heterocycles. The number of carbonyl (C=O) groups is 1. The van der Waals surface area contributed by atoms with Gasteiger partial charge in [-0.2, -0.15) is 0 Å². The van der Waals surface area contributed by atoms with Crippen LogP contribution in [0.2, 0.25) is 0 Å². The number of alkyl halides is 1. The molecule has 22 heavy (non-hydrogen) atoms. The molecule has 0 bridgehead atoms. The number of ether oxygens (including phenoxy) is 2. The van der Waals surface area contributed by atoms with Crippen molar-refractivity contribution in [2.45, 2.75) is 44.7 Å². The van der Waals surface area contributed by atoms with Crippen molar-refractivity contribution in [2.75, 3.05) is 13.2 Å². The van der Waals surface area contributed by atoms with Gasteiger partial charge >= 0.3 is 5.97 Å². The van der Waals surface area contributed by atoms with Gasteiger partial charge < -0.3 is 14.6 Å². The molecule has 120 valence electrons. The molecule has 5 heteroatoms. The average Bonchev–Trinajstić information content (AvgIpc) is 3.29. The third-order valence-corrected chi connectivity index (χ3v) is 4.37. The Balaban J connectivity index is 2.03. The molecule has 2 unspecified atom stereocenters. The van der Waals surface area contributed by atoms with Crippen LogP contribution in [0.15, 0.2) is 12.1 Å². The Hall–Kier alpha value is -1.78. The van der Waals surface area contributed by atoms with Crippen molar-refractivity contribution >= 4 is 5.97 Å². The summed E-state index contributed by atoms with van der Waals surface area (Å²) < 4.78 is 25.4. The molecule has 1 fully saturated rings. The van der Waals surface area contributed by atoms with Crippen LogP contribution in [-0.2, 0) is 4.79 Å². The Morgan fingerprint density at radius 1 is 1.27 bits per heavy atom. The molecule has 1 saturated carbocycles. The summed E-state index contributed by atoms with van der Waals surface area (Å²) >= 11 is 0. The van der Waals surface area contributed by atoms with Gasteiger partial charge in [0.1, 0.15) is 6.17 Å². The second-order valence-electron chi connectivity index (χ2n) is 6.14. The topological polar surface area (TPSA) is 55.8 Å². The van der Waals surface area contributed by atoms with Crippen LogP contribution in [0.3, 0.4) is 0 Å². The molecule has 0 amide bonds. The lowest BCUT2D eigenvalue weighted by molar-refractivity contribution is -0.137. The minimum Gasteiger partial charge on any atom is -0.490 e. The number of rotatable bonds is 5. The van der Waals surface area contributed by atoms with Crippen LogP contribution < -0.4 is 9.47 Å². The van der Waals surface area contributed by atoms with Gasteiger partial charge in [-0.3, -0.25) is 4.79 Å². The molecule has 1 aromatic rings. The van der Waals surface area contributed by atoms with E-state index in [9.17, 15) is 14.3 Å². The Bertz CT molecular complexity index is 566. The monoisotopic (exact) mass is 308 g/mol. The van der Waals surface area contributed by atoms with Crippen LogP contribution in [0.4, 0.5) is 4.39 Å². The predicted octanol–water partition coefficient (Wildman–Crippen LogP) is 3.85. The van der Waals surface area contributed by atoms with Gasteiger partial charge in [-0.1, -0.05) is 0 Å². The van der Waals surface area contributed by atoms with Crippen LogP contribution in [-0.4, -0.2) is 24.3 Å². The number of halogens is 1. The second kappa shape index (κ2) is 6.15. The van der Waals surface area contributed by atoms with Gasteiger partial charge in [0.05, 0.1) is 19.6 Å². The number of hydrogen-bond acceptors (Lipinski definition) is 3. The summed E-state index contributed by atoms with van der Waals surface area (Å²) in [5, 5.41) is 9.19. The molecule has 0 saturated heterocycles. The summed E-state index contributed by atoms with van der Waals surface area (Å²) in [6.07, 6.45) is 1.66. The van der Waals surface area contributed by atoms with Gasteiger partial charge in [0.25, 0.3) is 0 Å². The normalized spacial score (nSPS) is 20.1. The lowest BCUT2D eigenvalue weighted by Gasteiger charge is -2.22.